The van der Waals surface area contributed by atoms with E-state index in [4.69, 9.17) is 23.2 Å². The standard InChI is InChI=1S/C19H22Cl2N2O2/c1-6-10-22-17(12(3)7-2)19(25)13(4)14-8-9-15(20)18(16(14)21)23(5)11-24/h6,8-11,25H,1,7H2,2-5H3/b17-12+,19-13-,22-10?. The van der Waals surface area contributed by atoms with Crippen molar-refractivity contribution >= 4 is 47.1 Å². The number of aliphatic imine (C=N–C) groups is 1. The lowest BCUT2D eigenvalue weighted by molar-refractivity contribution is -0.107. The number of hydrogen-bond donors (Lipinski definition) is 1. The number of anilines is 1. The molecular weight excluding hydrogens is 359 g/mol. The van der Waals surface area contributed by atoms with E-state index in [1.165, 1.54) is 17.2 Å². The van der Waals surface area contributed by atoms with Crippen LogP contribution >= 0.6 is 23.2 Å². The van der Waals surface area contributed by atoms with Gasteiger partial charge in [-0.3, -0.25) is 9.79 Å². The molecule has 0 unspecified atom stereocenters. The van der Waals surface area contributed by atoms with E-state index in [2.05, 4.69) is 11.6 Å². The number of aliphatic hydroxyl groups excluding tert-OH is 1. The van der Waals surface area contributed by atoms with Gasteiger partial charge in [0, 0.05) is 24.4 Å². The number of allylic oxidation sites excluding steroid dienone is 3. The molecule has 1 rings (SSSR count). The summed E-state index contributed by atoms with van der Waals surface area (Å²) >= 11 is 12.6. The molecule has 0 heterocycles. The lowest BCUT2D eigenvalue weighted by Gasteiger charge is -2.18. The first-order valence-corrected chi connectivity index (χ1v) is 8.47. The highest BCUT2D eigenvalue weighted by molar-refractivity contribution is 6.40. The van der Waals surface area contributed by atoms with E-state index in [1.54, 1.807) is 26.1 Å². The Hall–Kier alpha value is -2.04. The molecule has 25 heavy (non-hydrogen) atoms. The van der Waals surface area contributed by atoms with Gasteiger partial charge in [0.1, 0.15) is 11.5 Å². The van der Waals surface area contributed by atoms with Crippen LogP contribution in [0.3, 0.4) is 0 Å². The topological polar surface area (TPSA) is 52.9 Å². The molecule has 0 saturated heterocycles. The highest BCUT2D eigenvalue weighted by Crippen LogP contribution is 2.39. The number of hydrogen-bond acceptors (Lipinski definition) is 3. The van der Waals surface area contributed by atoms with Gasteiger partial charge in [-0.1, -0.05) is 48.8 Å². The van der Waals surface area contributed by atoms with E-state index >= 15 is 0 Å². The van der Waals surface area contributed by atoms with Gasteiger partial charge < -0.3 is 10.0 Å². The van der Waals surface area contributed by atoms with Crippen molar-refractivity contribution in [1.82, 2.24) is 0 Å². The smallest absolute Gasteiger partial charge is 0.213 e. The van der Waals surface area contributed by atoms with Crippen LogP contribution in [0, 0.1) is 0 Å². The van der Waals surface area contributed by atoms with E-state index in [-0.39, 0.29) is 10.8 Å². The monoisotopic (exact) mass is 380 g/mol. The molecule has 0 bridgehead atoms. The van der Waals surface area contributed by atoms with E-state index in [9.17, 15) is 9.90 Å². The lowest BCUT2D eigenvalue weighted by Crippen LogP contribution is -2.15. The fourth-order valence-corrected chi connectivity index (χ4v) is 2.96. The van der Waals surface area contributed by atoms with Crippen LogP contribution < -0.4 is 4.90 Å². The molecule has 0 saturated carbocycles. The van der Waals surface area contributed by atoms with Crippen LogP contribution in [0.25, 0.3) is 5.57 Å². The van der Waals surface area contributed by atoms with E-state index in [0.717, 1.165) is 12.0 Å². The first kappa shape index (κ1) is 21.0. The number of benzene rings is 1. The molecule has 0 aliphatic heterocycles. The number of carbonyl (C=O) groups is 1. The van der Waals surface area contributed by atoms with Gasteiger partial charge in [0.2, 0.25) is 6.41 Å². The van der Waals surface area contributed by atoms with Gasteiger partial charge in [0.25, 0.3) is 0 Å². The van der Waals surface area contributed by atoms with E-state index < -0.39 is 0 Å². The third kappa shape index (κ3) is 4.74. The van der Waals surface area contributed by atoms with Crippen LogP contribution in [-0.4, -0.2) is 24.8 Å². The quantitative estimate of drug-likeness (QED) is 0.280. The van der Waals surface area contributed by atoms with Crippen molar-refractivity contribution in [3.05, 3.63) is 57.4 Å². The van der Waals surface area contributed by atoms with Crippen molar-refractivity contribution in [1.29, 1.82) is 0 Å². The third-order valence-electron chi connectivity index (χ3n) is 3.80. The molecule has 1 aromatic rings. The normalized spacial score (nSPS) is 13.4. The second kappa shape index (κ2) is 9.44. The molecule has 0 aliphatic rings. The summed E-state index contributed by atoms with van der Waals surface area (Å²) in [6.07, 6.45) is 4.41. The van der Waals surface area contributed by atoms with Crippen LogP contribution in [0.1, 0.15) is 32.8 Å². The van der Waals surface area contributed by atoms with Gasteiger partial charge in [-0.15, -0.1) is 0 Å². The second-order valence-electron chi connectivity index (χ2n) is 5.44. The van der Waals surface area contributed by atoms with Gasteiger partial charge in [-0.25, -0.2) is 0 Å². The highest BCUT2D eigenvalue weighted by Gasteiger charge is 2.18. The van der Waals surface area contributed by atoms with Crippen LogP contribution in [0.15, 0.2) is 46.8 Å². The Morgan fingerprint density at radius 1 is 1.36 bits per heavy atom. The first-order chi connectivity index (χ1) is 11.8. The molecule has 1 aromatic carbocycles. The lowest BCUT2D eigenvalue weighted by atomic mass is 10.0. The Morgan fingerprint density at radius 2 is 2.00 bits per heavy atom. The van der Waals surface area contributed by atoms with E-state index in [1.807, 2.05) is 13.8 Å². The summed E-state index contributed by atoms with van der Waals surface area (Å²) in [5, 5.41) is 11.4. The Morgan fingerprint density at radius 3 is 2.52 bits per heavy atom. The van der Waals surface area contributed by atoms with Gasteiger partial charge in [-0.05, 0) is 31.9 Å². The molecule has 134 valence electrons. The molecule has 4 nitrogen and oxygen atoms in total. The van der Waals surface area contributed by atoms with Crippen LogP contribution in [0.5, 0.6) is 0 Å². The number of nitrogens with zero attached hydrogens (tertiary/aromatic N) is 2. The summed E-state index contributed by atoms with van der Waals surface area (Å²) < 4.78 is 0. The van der Waals surface area contributed by atoms with Crippen molar-refractivity contribution in [2.24, 2.45) is 4.99 Å². The Labute approximate surface area is 158 Å². The van der Waals surface area contributed by atoms with Crippen molar-refractivity contribution in [3.8, 4) is 0 Å². The number of carbonyl (C=O) groups excluding carboxylic acids is 1. The molecule has 1 N–H and O–H groups in total. The summed E-state index contributed by atoms with van der Waals surface area (Å²) in [5.74, 6) is 0.0152. The maximum atomic E-state index is 11.1. The average molecular weight is 381 g/mol. The molecule has 6 heteroatoms. The summed E-state index contributed by atoms with van der Waals surface area (Å²) in [5.41, 5.74) is 2.88. The van der Waals surface area contributed by atoms with Crippen LogP contribution in [0.2, 0.25) is 10.0 Å². The Balaban J connectivity index is 3.63. The zero-order chi connectivity index (χ0) is 19.1. The zero-order valence-corrected chi connectivity index (χ0v) is 16.3. The van der Waals surface area contributed by atoms with E-state index in [0.29, 0.717) is 34.0 Å². The van der Waals surface area contributed by atoms with Gasteiger partial charge in [0.15, 0.2) is 0 Å². The molecule has 0 radical (unpaired) electrons. The van der Waals surface area contributed by atoms with Gasteiger partial charge >= 0.3 is 0 Å². The average Bonchev–Trinajstić information content (AvgIpc) is 2.60. The SMILES string of the molecule is C=CC=NC(/C(O)=C(\C)c1ccc(Cl)c(N(C)C=O)c1Cl)=C(\C)CC. The third-order valence-corrected chi connectivity index (χ3v) is 4.49. The predicted molar refractivity (Wildman–Crippen MR) is 108 cm³/mol. The summed E-state index contributed by atoms with van der Waals surface area (Å²) in [4.78, 5) is 16.7. The minimum absolute atomic E-state index is 0.0152. The number of rotatable bonds is 7. The fourth-order valence-electron chi connectivity index (χ4n) is 2.18. The maximum Gasteiger partial charge on any atom is 0.213 e. The van der Waals surface area contributed by atoms with Crippen molar-refractivity contribution in [3.63, 3.8) is 0 Å². The van der Waals surface area contributed by atoms with Gasteiger partial charge in [-0.2, -0.15) is 0 Å². The summed E-state index contributed by atoms with van der Waals surface area (Å²) in [7, 11) is 1.56. The molecule has 1 amide bonds. The molecule has 0 atom stereocenters. The van der Waals surface area contributed by atoms with Crippen molar-refractivity contribution in [2.75, 3.05) is 11.9 Å². The number of halogens is 2. The predicted octanol–water partition coefficient (Wildman–Crippen LogP) is 5.82. The highest BCUT2D eigenvalue weighted by atomic mass is 35.5. The number of amides is 1. The minimum atomic E-state index is 0.0152. The first-order valence-electron chi connectivity index (χ1n) is 7.71. The maximum absolute atomic E-state index is 11.1. The zero-order valence-electron chi connectivity index (χ0n) is 14.8. The minimum Gasteiger partial charge on any atom is -0.505 e. The Bertz CT molecular complexity index is 765. The molecule has 0 aliphatic carbocycles. The molecule has 0 spiro atoms. The van der Waals surface area contributed by atoms with Crippen LogP contribution in [-0.2, 0) is 4.79 Å². The summed E-state index contributed by atoms with van der Waals surface area (Å²) in [6.45, 7) is 9.22. The second-order valence-corrected chi connectivity index (χ2v) is 6.23. The number of aliphatic hydroxyl groups is 1. The molecule has 0 aromatic heterocycles. The van der Waals surface area contributed by atoms with Gasteiger partial charge in [0.05, 0.1) is 15.7 Å². The summed E-state index contributed by atoms with van der Waals surface area (Å²) in [6, 6.07) is 3.34. The largest absolute Gasteiger partial charge is 0.505 e. The fraction of sp³-hybridized carbons (Fsp3) is 0.263. The van der Waals surface area contributed by atoms with Crippen molar-refractivity contribution in [2.45, 2.75) is 27.2 Å². The Kier molecular flexibility index (Phi) is 7.94. The van der Waals surface area contributed by atoms with Crippen molar-refractivity contribution < 1.29 is 9.90 Å². The molecular formula is C19H22Cl2N2O2. The van der Waals surface area contributed by atoms with Crippen LogP contribution in [0.4, 0.5) is 5.69 Å². The molecule has 0 fully saturated rings.